The number of carbonyl (C=O) groups excluding carboxylic acids is 2. The quantitative estimate of drug-likeness (QED) is 0.738. The fraction of sp³-hybridized carbons (Fsp3) is 0.455. The molecule has 0 radical (unpaired) electrons. The standard InChI is InChI=1S/C11H9Cl2NO3/c12-8-7-5(17-9(8)13)2-1-3-11(7)4-6(15)14-10(11)16/h1-4H2,(H,14,15,16). The van der Waals surface area contributed by atoms with Crippen molar-refractivity contribution >= 4 is 35.0 Å². The van der Waals surface area contributed by atoms with Crippen LogP contribution in [-0.2, 0) is 21.4 Å². The van der Waals surface area contributed by atoms with Gasteiger partial charge in [-0.2, -0.15) is 0 Å². The van der Waals surface area contributed by atoms with Gasteiger partial charge in [0, 0.05) is 18.4 Å². The van der Waals surface area contributed by atoms with E-state index >= 15 is 0 Å². The van der Waals surface area contributed by atoms with Crippen LogP contribution in [-0.4, -0.2) is 11.8 Å². The molecule has 0 aromatic carbocycles. The van der Waals surface area contributed by atoms with Crippen molar-refractivity contribution in [3.05, 3.63) is 21.6 Å². The number of carbonyl (C=O) groups is 2. The number of furan rings is 1. The number of nitrogens with one attached hydrogen (secondary N) is 1. The second-order valence-corrected chi connectivity index (χ2v) is 5.20. The van der Waals surface area contributed by atoms with Crippen molar-refractivity contribution in [3.63, 3.8) is 0 Å². The summed E-state index contributed by atoms with van der Waals surface area (Å²) < 4.78 is 5.35. The minimum absolute atomic E-state index is 0.102. The molecule has 2 amide bonds. The van der Waals surface area contributed by atoms with E-state index in [-0.39, 0.29) is 28.5 Å². The van der Waals surface area contributed by atoms with Gasteiger partial charge in [-0.05, 0) is 24.4 Å². The Hall–Kier alpha value is -1.00. The largest absolute Gasteiger partial charge is 0.448 e. The van der Waals surface area contributed by atoms with Crippen molar-refractivity contribution in [2.45, 2.75) is 31.1 Å². The monoisotopic (exact) mass is 273 g/mol. The fourth-order valence-electron chi connectivity index (χ4n) is 2.80. The molecule has 0 bridgehead atoms. The Morgan fingerprint density at radius 2 is 2.06 bits per heavy atom. The maximum absolute atomic E-state index is 12.0. The number of hydrogen-bond donors (Lipinski definition) is 1. The number of aryl methyl sites for hydroxylation is 1. The summed E-state index contributed by atoms with van der Waals surface area (Å²) in [6.45, 7) is 0. The number of rotatable bonds is 0. The Kier molecular flexibility index (Phi) is 2.28. The topological polar surface area (TPSA) is 59.3 Å². The first-order valence-corrected chi connectivity index (χ1v) is 6.11. The van der Waals surface area contributed by atoms with Crippen molar-refractivity contribution in [3.8, 4) is 0 Å². The van der Waals surface area contributed by atoms with Gasteiger partial charge in [0.05, 0.1) is 5.41 Å². The van der Waals surface area contributed by atoms with Crippen LogP contribution in [0, 0.1) is 0 Å². The Morgan fingerprint density at radius 1 is 1.29 bits per heavy atom. The third kappa shape index (κ3) is 1.37. The third-order valence-corrected chi connectivity index (χ3v) is 4.24. The number of hydrogen-bond acceptors (Lipinski definition) is 3. The van der Waals surface area contributed by atoms with Gasteiger partial charge in [-0.15, -0.1) is 0 Å². The van der Waals surface area contributed by atoms with Crippen molar-refractivity contribution in [1.29, 1.82) is 0 Å². The highest BCUT2D eigenvalue weighted by atomic mass is 35.5. The van der Waals surface area contributed by atoms with Crippen LogP contribution >= 0.6 is 23.2 Å². The molecule has 2 aliphatic rings. The molecule has 1 aromatic heterocycles. The van der Waals surface area contributed by atoms with Crippen LogP contribution < -0.4 is 5.32 Å². The van der Waals surface area contributed by atoms with Gasteiger partial charge in [0.15, 0.2) is 0 Å². The lowest BCUT2D eigenvalue weighted by Crippen LogP contribution is -2.38. The zero-order chi connectivity index (χ0) is 12.2. The first kappa shape index (κ1) is 11.1. The maximum atomic E-state index is 12.0. The smallest absolute Gasteiger partial charge is 0.237 e. The molecule has 1 N–H and O–H groups in total. The van der Waals surface area contributed by atoms with E-state index in [4.69, 9.17) is 27.6 Å². The second-order valence-electron chi connectivity index (χ2n) is 4.48. The van der Waals surface area contributed by atoms with Crippen molar-refractivity contribution in [2.75, 3.05) is 0 Å². The average molecular weight is 274 g/mol. The summed E-state index contributed by atoms with van der Waals surface area (Å²) in [4.78, 5) is 23.4. The minimum atomic E-state index is -0.863. The lowest BCUT2D eigenvalue weighted by atomic mass is 9.71. The molecular weight excluding hydrogens is 265 g/mol. The van der Waals surface area contributed by atoms with Gasteiger partial charge in [-0.25, -0.2) is 0 Å². The van der Waals surface area contributed by atoms with Gasteiger partial charge in [-0.3, -0.25) is 14.9 Å². The van der Waals surface area contributed by atoms with Crippen LogP contribution in [0.5, 0.6) is 0 Å². The lowest BCUT2D eigenvalue weighted by molar-refractivity contribution is -0.126. The second kappa shape index (κ2) is 3.50. The molecule has 4 nitrogen and oxygen atoms in total. The molecule has 2 heterocycles. The Bertz CT molecular complexity index is 537. The van der Waals surface area contributed by atoms with Crippen LogP contribution in [0.4, 0.5) is 0 Å². The normalized spacial score (nSPS) is 27.4. The summed E-state index contributed by atoms with van der Waals surface area (Å²) in [6, 6.07) is 0. The molecule has 1 aliphatic heterocycles. The highest BCUT2D eigenvalue weighted by molar-refractivity contribution is 6.42. The first-order chi connectivity index (χ1) is 8.04. The van der Waals surface area contributed by atoms with Crippen molar-refractivity contribution in [2.24, 2.45) is 0 Å². The summed E-state index contributed by atoms with van der Waals surface area (Å²) in [6.07, 6.45) is 2.22. The molecule has 1 unspecified atom stereocenters. The summed E-state index contributed by atoms with van der Waals surface area (Å²) in [5, 5.41) is 2.71. The minimum Gasteiger partial charge on any atom is -0.448 e. The van der Waals surface area contributed by atoms with Gasteiger partial charge in [0.2, 0.25) is 17.0 Å². The average Bonchev–Trinajstić information content (AvgIpc) is 2.69. The van der Waals surface area contributed by atoms with E-state index in [1.54, 1.807) is 0 Å². The predicted molar refractivity (Wildman–Crippen MR) is 61.1 cm³/mol. The van der Waals surface area contributed by atoms with Gasteiger partial charge < -0.3 is 4.42 Å². The van der Waals surface area contributed by atoms with E-state index in [1.165, 1.54) is 0 Å². The van der Waals surface area contributed by atoms with E-state index in [9.17, 15) is 9.59 Å². The van der Waals surface area contributed by atoms with Crippen LogP contribution in [0.1, 0.15) is 30.6 Å². The fourth-order valence-corrected chi connectivity index (χ4v) is 3.31. The molecule has 1 aliphatic carbocycles. The molecule has 1 spiro atoms. The van der Waals surface area contributed by atoms with E-state index in [0.29, 0.717) is 24.2 Å². The third-order valence-electron chi connectivity index (χ3n) is 3.52. The predicted octanol–water partition coefficient (Wildman–Crippen LogP) is 2.21. The van der Waals surface area contributed by atoms with Crippen molar-refractivity contribution in [1.82, 2.24) is 5.32 Å². The molecular formula is C11H9Cl2NO3. The van der Waals surface area contributed by atoms with Crippen LogP contribution in [0.25, 0.3) is 0 Å². The number of imide groups is 1. The first-order valence-electron chi connectivity index (χ1n) is 5.36. The summed E-state index contributed by atoms with van der Waals surface area (Å²) in [5.41, 5.74) is -0.253. The Morgan fingerprint density at radius 3 is 2.71 bits per heavy atom. The van der Waals surface area contributed by atoms with E-state index < -0.39 is 5.41 Å². The van der Waals surface area contributed by atoms with Gasteiger partial charge in [0.1, 0.15) is 10.8 Å². The molecule has 0 saturated carbocycles. The van der Waals surface area contributed by atoms with Crippen LogP contribution in [0.3, 0.4) is 0 Å². The molecule has 1 aromatic rings. The van der Waals surface area contributed by atoms with E-state index in [0.717, 1.165) is 6.42 Å². The molecule has 1 saturated heterocycles. The summed E-state index contributed by atoms with van der Waals surface area (Å²) in [7, 11) is 0. The number of fused-ring (bicyclic) bond motifs is 2. The highest BCUT2D eigenvalue weighted by Gasteiger charge is 2.53. The van der Waals surface area contributed by atoms with E-state index in [2.05, 4.69) is 5.32 Å². The lowest BCUT2D eigenvalue weighted by Gasteiger charge is -2.29. The zero-order valence-electron chi connectivity index (χ0n) is 8.81. The summed E-state index contributed by atoms with van der Waals surface area (Å²) >= 11 is 11.9. The number of halogens is 2. The van der Waals surface area contributed by atoms with Crippen LogP contribution in [0.2, 0.25) is 10.2 Å². The summed E-state index contributed by atoms with van der Waals surface area (Å²) in [5.74, 6) is 0.0788. The van der Waals surface area contributed by atoms with Gasteiger partial charge in [0.25, 0.3) is 0 Å². The van der Waals surface area contributed by atoms with Gasteiger partial charge in [-0.1, -0.05) is 11.6 Å². The van der Waals surface area contributed by atoms with Crippen molar-refractivity contribution < 1.29 is 14.0 Å². The molecule has 17 heavy (non-hydrogen) atoms. The molecule has 3 rings (SSSR count). The molecule has 1 atom stereocenters. The Balaban J connectivity index is 2.23. The SMILES string of the molecule is O=C1CC2(CCCc3oc(Cl)c(Cl)c32)C(=O)N1. The maximum Gasteiger partial charge on any atom is 0.237 e. The van der Waals surface area contributed by atoms with E-state index in [1.807, 2.05) is 0 Å². The Labute approximate surface area is 107 Å². The zero-order valence-corrected chi connectivity index (χ0v) is 10.3. The van der Waals surface area contributed by atoms with Crippen LogP contribution in [0.15, 0.2) is 4.42 Å². The number of amides is 2. The molecule has 1 fully saturated rings. The molecule has 90 valence electrons. The molecule has 6 heteroatoms. The highest BCUT2D eigenvalue weighted by Crippen LogP contribution is 2.49. The van der Waals surface area contributed by atoms with Gasteiger partial charge >= 0.3 is 0 Å².